The third kappa shape index (κ3) is 4.58. The highest BCUT2D eigenvalue weighted by Gasteiger charge is 2.11. The largest absolute Gasteiger partial charge is 0.382 e. The first kappa shape index (κ1) is 15.5. The molecular formula is C16H26N2O. The summed E-state index contributed by atoms with van der Waals surface area (Å²) >= 11 is 0. The highest BCUT2D eigenvalue weighted by atomic mass is 16.1. The quantitative estimate of drug-likeness (QED) is 0.807. The van der Waals surface area contributed by atoms with E-state index in [1.165, 1.54) is 5.56 Å². The molecule has 0 aliphatic heterocycles. The number of carbonyl (C=O) groups is 1. The third-order valence-electron chi connectivity index (χ3n) is 3.72. The molecule has 0 aromatic heterocycles. The molecule has 0 saturated heterocycles. The van der Waals surface area contributed by atoms with Gasteiger partial charge in [0.2, 0.25) is 5.91 Å². The molecule has 2 atom stereocenters. The molecule has 0 aliphatic rings. The summed E-state index contributed by atoms with van der Waals surface area (Å²) < 4.78 is 0. The Morgan fingerprint density at radius 3 is 2.53 bits per heavy atom. The summed E-state index contributed by atoms with van der Waals surface area (Å²) in [6, 6.07) is 6.42. The molecule has 3 nitrogen and oxygen atoms in total. The molecule has 1 amide bonds. The number of amides is 1. The first-order valence-electron chi connectivity index (χ1n) is 7.14. The van der Waals surface area contributed by atoms with Crippen LogP contribution in [0.1, 0.15) is 46.1 Å². The van der Waals surface area contributed by atoms with E-state index in [4.69, 9.17) is 0 Å². The van der Waals surface area contributed by atoms with Gasteiger partial charge in [-0.1, -0.05) is 33.3 Å². The summed E-state index contributed by atoms with van der Waals surface area (Å²) in [6.07, 6.45) is 1.65. The minimum atomic E-state index is 0.0461. The molecular weight excluding hydrogens is 236 g/mol. The second kappa shape index (κ2) is 7.17. The Balaban J connectivity index is 2.82. The predicted molar refractivity (Wildman–Crippen MR) is 82.6 cm³/mol. The molecule has 1 aromatic rings. The molecule has 2 unspecified atom stereocenters. The summed E-state index contributed by atoms with van der Waals surface area (Å²) in [5.41, 5.74) is 3.16. The maximum absolute atomic E-state index is 11.4. The van der Waals surface area contributed by atoms with E-state index in [1.54, 1.807) is 0 Å². The van der Waals surface area contributed by atoms with Crippen molar-refractivity contribution in [1.82, 2.24) is 0 Å². The number of benzene rings is 1. The molecule has 0 aliphatic carbocycles. The predicted octanol–water partition coefficient (Wildman–Crippen LogP) is 4.19. The molecule has 0 heterocycles. The molecule has 2 N–H and O–H groups in total. The summed E-state index contributed by atoms with van der Waals surface area (Å²) in [7, 11) is 0. The average molecular weight is 262 g/mol. The van der Waals surface area contributed by atoms with E-state index in [0.717, 1.165) is 17.8 Å². The molecule has 0 saturated carbocycles. The van der Waals surface area contributed by atoms with Crippen LogP contribution in [0.3, 0.4) is 0 Å². The van der Waals surface area contributed by atoms with Crippen LogP contribution >= 0.6 is 0 Å². The van der Waals surface area contributed by atoms with Crippen molar-refractivity contribution in [3.05, 3.63) is 23.8 Å². The van der Waals surface area contributed by atoms with Gasteiger partial charge in [-0.3, -0.25) is 4.79 Å². The van der Waals surface area contributed by atoms with Crippen LogP contribution in [0.4, 0.5) is 11.4 Å². The van der Waals surface area contributed by atoms with Crippen molar-refractivity contribution < 1.29 is 4.79 Å². The second-order valence-corrected chi connectivity index (χ2v) is 5.25. The fraction of sp³-hybridized carbons (Fsp3) is 0.562. The normalized spacial score (nSPS) is 13.7. The monoisotopic (exact) mass is 262 g/mol. The van der Waals surface area contributed by atoms with E-state index in [1.807, 2.05) is 25.1 Å². The van der Waals surface area contributed by atoms with Crippen LogP contribution in [-0.2, 0) is 4.79 Å². The highest BCUT2D eigenvalue weighted by molar-refractivity contribution is 5.91. The van der Waals surface area contributed by atoms with Crippen LogP contribution in [0.25, 0.3) is 0 Å². The Kier molecular flexibility index (Phi) is 5.87. The van der Waals surface area contributed by atoms with Crippen molar-refractivity contribution >= 4 is 17.3 Å². The van der Waals surface area contributed by atoms with Crippen LogP contribution in [0, 0.1) is 12.8 Å². The van der Waals surface area contributed by atoms with Gasteiger partial charge in [0.05, 0.1) is 0 Å². The number of rotatable bonds is 6. The number of anilines is 2. The van der Waals surface area contributed by atoms with Crippen LogP contribution in [0.15, 0.2) is 18.2 Å². The summed E-state index contributed by atoms with van der Waals surface area (Å²) in [6.45, 7) is 10.6. The maximum atomic E-state index is 11.4. The number of hydrogen-bond donors (Lipinski definition) is 2. The van der Waals surface area contributed by atoms with Gasteiger partial charge in [-0.05, 0) is 37.5 Å². The second-order valence-electron chi connectivity index (χ2n) is 5.25. The van der Waals surface area contributed by atoms with Gasteiger partial charge in [0, 0.05) is 23.8 Å². The molecule has 0 radical (unpaired) electrons. The zero-order valence-electron chi connectivity index (χ0n) is 12.7. The summed E-state index contributed by atoms with van der Waals surface area (Å²) in [5.74, 6) is 0.665. The third-order valence-corrected chi connectivity index (χ3v) is 3.72. The molecule has 106 valence electrons. The van der Waals surface area contributed by atoms with Crippen molar-refractivity contribution in [2.75, 3.05) is 10.6 Å². The van der Waals surface area contributed by atoms with Gasteiger partial charge in [-0.25, -0.2) is 0 Å². The number of carbonyl (C=O) groups excluding carboxylic acids is 1. The van der Waals surface area contributed by atoms with Crippen molar-refractivity contribution in [2.45, 2.75) is 53.5 Å². The Hall–Kier alpha value is -1.51. The Bertz CT molecular complexity index is 429. The Labute approximate surface area is 116 Å². The Morgan fingerprint density at radius 1 is 1.26 bits per heavy atom. The van der Waals surface area contributed by atoms with Gasteiger partial charge >= 0.3 is 0 Å². The summed E-state index contributed by atoms with van der Waals surface area (Å²) in [4.78, 5) is 11.4. The zero-order chi connectivity index (χ0) is 14.4. The first-order chi connectivity index (χ1) is 8.97. The SMILES string of the molecule is CCC(=O)Nc1ccc(C)c(NC(C)C(C)CC)c1. The van der Waals surface area contributed by atoms with Gasteiger partial charge in [0.15, 0.2) is 0 Å². The molecule has 0 spiro atoms. The lowest BCUT2D eigenvalue weighted by molar-refractivity contribution is -0.115. The molecule has 19 heavy (non-hydrogen) atoms. The first-order valence-corrected chi connectivity index (χ1v) is 7.14. The number of aryl methyl sites for hydroxylation is 1. The Morgan fingerprint density at radius 2 is 1.95 bits per heavy atom. The minimum absolute atomic E-state index is 0.0461. The molecule has 0 bridgehead atoms. The molecule has 1 aromatic carbocycles. The van der Waals surface area contributed by atoms with E-state index in [-0.39, 0.29) is 5.91 Å². The lowest BCUT2D eigenvalue weighted by Gasteiger charge is -2.22. The van der Waals surface area contributed by atoms with Gasteiger partial charge in [0.25, 0.3) is 0 Å². The standard InChI is InChI=1S/C16H26N2O/c1-6-11(3)13(5)17-15-10-14(9-8-12(15)4)18-16(19)7-2/h8-11,13,17H,6-7H2,1-5H3,(H,18,19). The van der Waals surface area contributed by atoms with E-state index < -0.39 is 0 Å². The van der Waals surface area contributed by atoms with Gasteiger partial charge in [0.1, 0.15) is 0 Å². The van der Waals surface area contributed by atoms with E-state index in [2.05, 4.69) is 38.3 Å². The van der Waals surface area contributed by atoms with Crippen LogP contribution in [0.2, 0.25) is 0 Å². The van der Waals surface area contributed by atoms with E-state index in [9.17, 15) is 4.79 Å². The fourth-order valence-electron chi connectivity index (χ4n) is 1.85. The minimum Gasteiger partial charge on any atom is -0.382 e. The lowest BCUT2D eigenvalue weighted by atomic mass is 10.00. The van der Waals surface area contributed by atoms with Crippen molar-refractivity contribution in [2.24, 2.45) is 5.92 Å². The van der Waals surface area contributed by atoms with Gasteiger partial charge < -0.3 is 10.6 Å². The lowest BCUT2D eigenvalue weighted by Crippen LogP contribution is -2.23. The van der Waals surface area contributed by atoms with Crippen LogP contribution in [-0.4, -0.2) is 11.9 Å². The van der Waals surface area contributed by atoms with Gasteiger partial charge in [-0.2, -0.15) is 0 Å². The van der Waals surface area contributed by atoms with E-state index >= 15 is 0 Å². The van der Waals surface area contributed by atoms with Crippen molar-refractivity contribution in [1.29, 1.82) is 0 Å². The van der Waals surface area contributed by atoms with Crippen LogP contribution in [0.5, 0.6) is 0 Å². The van der Waals surface area contributed by atoms with Crippen molar-refractivity contribution in [3.63, 3.8) is 0 Å². The summed E-state index contributed by atoms with van der Waals surface area (Å²) in [5, 5.41) is 6.44. The van der Waals surface area contributed by atoms with Gasteiger partial charge in [-0.15, -0.1) is 0 Å². The van der Waals surface area contributed by atoms with E-state index in [0.29, 0.717) is 18.4 Å². The maximum Gasteiger partial charge on any atom is 0.224 e. The molecule has 0 fully saturated rings. The van der Waals surface area contributed by atoms with Crippen LogP contribution < -0.4 is 10.6 Å². The average Bonchev–Trinajstić information content (AvgIpc) is 2.41. The fourth-order valence-corrected chi connectivity index (χ4v) is 1.85. The zero-order valence-corrected chi connectivity index (χ0v) is 12.7. The molecule has 1 rings (SSSR count). The van der Waals surface area contributed by atoms with Crippen molar-refractivity contribution in [3.8, 4) is 0 Å². The smallest absolute Gasteiger partial charge is 0.224 e. The number of hydrogen-bond acceptors (Lipinski definition) is 2. The topological polar surface area (TPSA) is 41.1 Å². The number of nitrogens with one attached hydrogen (secondary N) is 2. The molecule has 3 heteroatoms. The highest BCUT2D eigenvalue weighted by Crippen LogP contribution is 2.23.